The summed E-state index contributed by atoms with van der Waals surface area (Å²) in [5, 5.41) is 9.16. The molecule has 2 rings (SSSR count). The number of nitrogens with zero attached hydrogens (tertiary/aromatic N) is 1. The van der Waals surface area contributed by atoms with Crippen LogP contribution in [0.25, 0.3) is 11.3 Å². The van der Waals surface area contributed by atoms with E-state index < -0.39 is 18.0 Å². The van der Waals surface area contributed by atoms with Gasteiger partial charge in [0, 0.05) is 12.0 Å². The van der Waals surface area contributed by atoms with Gasteiger partial charge in [0.1, 0.15) is 11.8 Å². The van der Waals surface area contributed by atoms with Crippen molar-refractivity contribution < 1.29 is 23.5 Å². The molecule has 0 saturated heterocycles. The van der Waals surface area contributed by atoms with E-state index in [1.54, 1.807) is 36.4 Å². The Bertz CT molecular complexity index is 754. The quantitative estimate of drug-likeness (QED) is 0.752. The molecule has 0 saturated carbocycles. The van der Waals surface area contributed by atoms with Crippen LogP contribution in [0.4, 0.5) is 0 Å². The minimum Gasteiger partial charge on any atom is -0.465 e. The Kier molecular flexibility index (Phi) is 5.74. The number of benzene rings is 1. The van der Waals surface area contributed by atoms with Crippen LogP contribution in [-0.2, 0) is 14.3 Å². The Morgan fingerprint density at radius 3 is 2.50 bits per heavy atom. The predicted octanol–water partition coefficient (Wildman–Crippen LogP) is 3.64. The van der Waals surface area contributed by atoms with Crippen LogP contribution in [0, 0.1) is 11.3 Å². The Labute approximate surface area is 139 Å². The number of carbonyl (C=O) groups excluding carboxylic acids is 2. The van der Waals surface area contributed by atoms with Gasteiger partial charge in [-0.05, 0) is 30.7 Å². The number of hydrogen-bond donors (Lipinski definition) is 0. The van der Waals surface area contributed by atoms with Gasteiger partial charge in [-0.1, -0.05) is 19.1 Å². The van der Waals surface area contributed by atoms with E-state index in [1.807, 2.05) is 13.0 Å². The van der Waals surface area contributed by atoms with Crippen LogP contribution in [0.5, 0.6) is 0 Å². The molecule has 0 aliphatic rings. The average molecular weight is 327 g/mol. The molecular weight excluding hydrogens is 310 g/mol. The van der Waals surface area contributed by atoms with Crippen molar-refractivity contribution in [2.75, 3.05) is 7.11 Å². The van der Waals surface area contributed by atoms with Gasteiger partial charge >= 0.3 is 11.9 Å². The zero-order valence-corrected chi connectivity index (χ0v) is 13.4. The number of furan rings is 1. The SMILES string of the molecule is CCCC(=O)O[C@@H](C#N)c1ccc(-c2ccc(C(=O)OC)cc2)o1. The van der Waals surface area contributed by atoms with Crippen LogP contribution in [0.1, 0.15) is 42.0 Å². The second-order valence-electron chi connectivity index (χ2n) is 5.02. The summed E-state index contributed by atoms with van der Waals surface area (Å²) in [5.41, 5.74) is 1.15. The van der Waals surface area contributed by atoms with Gasteiger partial charge in [0.15, 0.2) is 5.76 Å². The Morgan fingerprint density at radius 1 is 1.21 bits per heavy atom. The van der Waals surface area contributed by atoms with E-state index in [1.165, 1.54) is 7.11 Å². The van der Waals surface area contributed by atoms with E-state index in [-0.39, 0.29) is 12.2 Å². The number of methoxy groups -OCH3 is 1. The van der Waals surface area contributed by atoms with Gasteiger partial charge in [0.25, 0.3) is 0 Å². The summed E-state index contributed by atoms with van der Waals surface area (Å²) in [6.07, 6.45) is -0.180. The van der Waals surface area contributed by atoms with Crippen LogP contribution in [-0.4, -0.2) is 19.0 Å². The molecule has 1 aromatic carbocycles. The van der Waals surface area contributed by atoms with E-state index in [4.69, 9.17) is 14.4 Å². The molecule has 0 bridgehead atoms. The molecule has 24 heavy (non-hydrogen) atoms. The number of rotatable bonds is 6. The summed E-state index contributed by atoms with van der Waals surface area (Å²) in [4.78, 5) is 23.0. The molecule has 0 radical (unpaired) electrons. The Balaban J connectivity index is 2.16. The molecule has 2 aromatic rings. The van der Waals surface area contributed by atoms with Crippen molar-refractivity contribution in [3.8, 4) is 17.4 Å². The van der Waals surface area contributed by atoms with E-state index in [0.29, 0.717) is 17.7 Å². The van der Waals surface area contributed by atoms with Gasteiger partial charge in [-0.15, -0.1) is 0 Å². The van der Waals surface area contributed by atoms with Crippen molar-refractivity contribution >= 4 is 11.9 Å². The lowest BCUT2D eigenvalue weighted by atomic mass is 10.1. The first-order chi connectivity index (χ1) is 11.6. The van der Waals surface area contributed by atoms with Crippen molar-refractivity contribution in [1.82, 2.24) is 0 Å². The summed E-state index contributed by atoms with van der Waals surface area (Å²) in [7, 11) is 1.32. The fourth-order valence-electron chi connectivity index (χ4n) is 2.08. The lowest BCUT2D eigenvalue weighted by Gasteiger charge is -2.08. The third-order valence-corrected chi connectivity index (χ3v) is 3.30. The van der Waals surface area contributed by atoms with Crippen molar-refractivity contribution in [2.24, 2.45) is 0 Å². The first kappa shape index (κ1) is 17.3. The van der Waals surface area contributed by atoms with Gasteiger partial charge in [-0.2, -0.15) is 5.26 Å². The second-order valence-corrected chi connectivity index (χ2v) is 5.02. The minimum absolute atomic E-state index is 0.251. The Morgan fingerprint density at radius 2 is 1.92 bits per heavy atom. The van der Waals surface area contributed by atoms with Crippen LogP contribution in [0.3, 0.4) is 0 Å². The molecule has 1 aromatic heterocycles. The maximum atomic E-state index is 11.5. The standard InChI is InChI=1S/C18H17NO5/c1-3-4-17(20)24-16(11-19)15-10-9-14(23-15)12-5-7-13(8-6-12)18(21)22-2/h5-10,16H,3-4H2,1-2H3/t16-/m0/s1. The highest BCUT2D eigenvalue weighted by molar-refractivity contribution is 5.89. The highest BCUT2D eigenvalue weighted by Gasteiger charge is 2.20. The zero-order chi connectivity index (χ0) is 17.5. The van der Waals surface area contributed by atoms with Gasteiger partial charge in [-0.3, -0.25) is 4.79 Å². The molecule has 0 fully saturated rings. The Hall–Kier alpha value is -3.07. The fraction of sp³-hybridized carbons (Fsp3) is 0.278. The highest BCUT2D eigenvalue weighted by Crippen LogP contribution is 2.27. The molecule has 0 aliphatic heterocycles. The second kappa shape index (κ2) is 7.97. The molecule has 6 heteroatoms. The summed E-state index contributed by atoms with van der Waals surface area (Å²) >= 11 is 0. The van der Waals surface area contributed by atoms with Crippen molar-refractivity contribution in [2.45, 2.75) is 25.9 Å². The highest BCUT2D eigenvalue weighted by atomic mass is 16.6. The van der Waals surface area contributed by atoms with E-state index in [2.05, 4.69) is 4.74 Å². The first-order valence-corrected chi connectivity index (χ1v) is 7.46. The largest absolute Gasteiger partial charge is 0.465 e. The summed E-state index contributed by atoms with van der Waals surface area (Å²) < 4.78 is 15.3. The molecule has 0 aliphatic carbocycles. The zero-order valence-electron chi connectivity index (χ0n) is 13.4. The monoisotopic (exact) mass is 327 g/mol. The summed E-state index contributed by atoms with van der Waals surface area (Å²) in [6, 6.07) is 11.8. The normalized spacial score (nSPS) is 11.4. The number of hydrogen-bond acceptors (Lipinski definition) is 6. The molecule has 124 valence electrons. The average Bonchev–Trinajstić information content (AvgIpc) is 3.09. The smallest absolute Gasteiger partial charge is 0.337 e. The lowest BCUT2D eigenvalue weighted by Crippen LogP contribution is -2.08. The molecular formula is C18H17NO5. The van der Waals surface area contributed by atoms with Gasteiger partial charge < -0.3 is 13.9 Å². The molecule has 0 amide bonds. The third kappa shape index (κ3) is 4.02. The minimum atomic E-state index is -1.08. The topological polar surface area (TPSA) is 89.5 Å². The molecule has 1 atom stereocenters. The molecule has 0 N–H and O–H groups in total. The van der Waals surface area contributed by atoms with Crippen LogP contribution in [0.2, 0.25) is 0 Å². The number of carbonyl (C=O) groups is 2. The first-order valence-electron chi connectivity index (χ1n) is 7.46. The third-order valence-electron chi connectivity index (χ3n) is 3.30. The van der Waals surface area contributed by atoms with Gasteiger partial charge in [-0.25, -0.2) is 4.79 Å². The van der Waals surface area contributed by atoms with Crippen molar-refractivity contribution in [3.05, 3.63) is 47.7 Å². The molecule has 0 unspecified atom stereocenters. The van der Waals surface area contributed by atoms with Crippen LogP contribution < -0.4 is 0 Å². The molecule has 1 heterocycles. The fourth-order valence-corrected chi connectivity index (χ4v) is 2.08. The molecule has 0 spiro atoms. The maximum Gasteiger partial charge on any atom is 0.337 e. The van der Waals surface area contributed by atoms with Crippen molar-refractivity contribution in [3.63, 3.8) is 0 Å². The summed E-state index contributed by atoms with van der Waals surface area (Å²) in [5.74, 6) is -0.0966. The summed E-state index contributed by atoms with van der Waals surface area (Å²) in [6.45, 7) is 1.85. The van der Waals surface area contributed by atoms with E-state index in [9.17, 15) is 9.59 Å². The maximum absolute atomic E-state index is 11.5. The molecule has 6 nitrogen and oxygen atoms in total. The number of esters is 2. The van der Waals surface area contributed by atoms with Crippen molar-refractivity contribution in [1.29, 1.82) is 5.26 Å². The van der Waals surface area contributed by atoms with Crippen LogP contribution in [0.15, 0.2) is 40.8 Å². The number of nitriles is 1. The number of ether oxygens (including phenoxy) is 2. The van der Waals surface area contributed by atoms with Crippen LogP contribution >= 0.6 is 0 Å². The van der Waals surface area contributed by atoms with Gasteiger partial charge in [0.2, 0.25) is 6.10 Å². The van der Waals surface area contributed by atoms with E-state index >= 15 is 0 Å². The lowest BCUT2D eigenvalue weighted by molar-refractivity contribution is -0.147. The predicted molar refractivity (Wildman–Crippen MR) is 84.8 cm³/mol. The van der Waals surface area contributed by atoms with Gasteiger partial charge in [0.05, 0.1) is 12.7 Å². The van der Waals surface area contributed by atoms with E-state index in [0.717, 1.165) is 5.56 Å².